The van der Waals surface area contributed by atoms with Crippen molar-refractivity contribution in [1.82, 2.24) is 14.7 Å². The summed E-state index contributed by atoms with van der Waals surface area (Å²) in [6.07, 6.45) is 9.09. The second-order valence-electron chi connectivity index (χ2n) is 11.0. The van der Waals surface area contributed by atoms with Crippen molar-refractivity contribution in [2.75, 3.05) is 24.9 Å². The van der Waals surface area contributed by atoms with Gasteiger partial charge in [0.05, 0.1) is 25.5 Å². The summed E-state index contributed by atoms with van der Waals surface area (Å²) in [6, 6.07) is 5.02. The molecule has 224 valence electrons. The van der Waals surface area contributed by atoms with Crippen molar-refractivity contribution in [3.05, 3.63) is 76.6 Å². The molecule has 1 atom stereocenters. The molecule has 1 saturated heterocycles. The van der Waals surface area contributed by atoms with Crippen molar-refractivity contribution in [1.29, 1.82) is 0 Å². The molecule has 0 amide bonds. The molecule has 1 aliphatic heterocycles. The van der Waals surface area contributed by atoms with Crippen molar-refractivity contribution < 1.29 is 26.2 Å². The quantitative estimate of drug-likeness (QED) is 0.232. The minimum absolute atomic E-state index is 0.0509. The van der Waals surface area contributed by atoms with E-state index in [9.17, 15) is 17.2 Å². The summed E-state index contributed by atoms with van der Waals surface area (Å²) in [7, 11) is -2.87. The van der Waals surface area contributed by atoms with E-state index in [4.69, 9.17) is 10.8 Å². The van der Waals surface area contributed by atoms with Crippen LogP contribution in [0.1, 0.15) is 50.6 Å². The van der Waals surface area contributed by atoms with Crippen LogP contribution in [-0.4, -0.2) is 66.7 Å². The zero-order chi connectivity index (χ0) is 30.2. The van der Waals surface area contributed by atoms with Gasteiger partial charge in [0.15, 0.2) is 5.82 Å². The molecule has 1 saturated carbocycles. The number of nitrogens with zero attached hydrogens (tertiary/aromatic N) is 4. The SMILES string of the molecule is C=[N+](C)C(N)=CC(=CC)c1cn(C2CCN(C3CC3)CC2)nc1-c1cccc(NS(=O)(=O)C2=C(F)C=CC(F)C2)c1F. The molecule has 8 nitrogen and oxygen atoms in total. The molecule has 1 aromatic carbocycles. The smallest absolute Gasteiger partial charge is 0.272 e. The van der Waals surface area contributed by atoms with E-state index in [2.05, 4.69) is 16.3 Å². The van der Waals surface area contributed by atoms with E-state index in [-0.39, 0.29) is 11.6 Å². The van der Waals surface area contributed by atoms with Crippen LogP contribution < -0.4 is 10.5 Å². The molecule has 0 bridgehead atoms. The van der Waals surface area contributed by atoms with Crippen molar-refractivity contribution in [3.8, 4) is 11.3 Å². The van der Waals surface area contributed by atoms with Gasteiger partial charge in [-0.1, -0.05) is 12.1 Å². The van der Waals surface area contributed by atoms with E-state index in [1.165, 1.54) is 35.6 Å². The average Bonchev–Trinajstić information content (AvgIpc) is 3.72. The molecule has 0 radical (unpaired) electrons. The number of nitrogens with two attached hydrogens (primary N) is 1. The van der Waals surface area contributed by atoms with Gasteiger partial charge in [0.1, 0.15) is 22.6 Å². The van der Waals surface area contributed by atoms with Gasteiger partial charge in [0.25, 0.3) is 15.8 Å². The van der Waals surface area contributed by atoms with Gasteiger partial charge < -0.3 is 4.90 Å². The first kappa shape index (κ1) is 29.8. The number of alkyl halides is 1. The average molecular weight is 602 g/mol. The lowest BCUT2D eigenvalue weighted by molar-refractivity contribution is -0.435. The fourth-order valence-corrected chi connectivity index (χ4v) is 6.67. The van der Waals surface area contributed by atoms with E-state index >= 15 is 4.39 Å². The molecule has 3 aliphatic rings. The lowest BCUT2D eigenvalue weighted by Crippen LogP contribution is -2.36. The summed E-state index contributed by atoms with van der Waals surface area (Å²) in [5.41, 5.74) is 7.41. The Bertz CT molecular complexity index is 1610. The lowest BCUT2D eigenvalue weighted by atomic mass is 10.00. The normalized spacial score (nSPS) is 21.2. The number of benzene rings is 1. The number of hydrogen-bond acceptors (Lipinski definition) is 5. The molecule has 2 aromatic rings. The highest BCUT2D eigenvalue weighted by Gasteiger charge is 2.33. The van der Waals surface area contributed by atoms with Crippen LogP contribution in [0.5, 0.6) is 0 Å². The second kappa shape index (κ2) is 11.9. The number of likely N-dealkylation sites (tertiary alicyclic amines) is 1. The number of allylic oxidation sites excluding steroid dienone is 7. The van der Waals surface area contributed by atoms with Crippen LogP contribution in [0.15, 0.2) is 65.3 Å². The summed E-state index contributed by atoms with van der Waals surface area (Å²) < 4.78 is 75.7. The molecular formula is C30H36F3N6O2S+. The van der Waals surface area contributed by atoms with Gasteiger partial charge in [-0.25, -0.2) is 26.2 Å². The van der Waals surface area contributed by atoms with Crippen LogP contribution in [0.2, 0.25) is 0 Å². The van der Waals surface area contributed by atoms with Crippen molar-refractivity contribution in [2.45, 2.75) is 57.3 Å². The summed E-state index contributed by atoms with van der Waals surface area (Å²) >= 11 is 0. The molecule has 1 aromatic heterocycles. The Morgan fingerprint density at radius 2 is 1.90 bits per heavy atom. The number of rotatable bonds is 9. The van der Waals surface area contributed by atoms with Crippen LogP contribution in [0.4, 0.5) is 18.9 Å². The Balaban J connectivity index is 1.54. The Morgan fingerprint density at radius 3 is 2.55 bits per heavy atom. The summed E-state index contributed by atoms with van der Waals surface area (Å²) in [6.45, 7) is 7.57. The molecule has 2 fully saturated rings. The number of aromatic nitrogens is 2. The fourth-order valence-electron chi connectivity index (χ4n) is 5.39. The monoisotopic (exact) mass is 601 g/mol. The Hall–Kier alpha value is -3.64. The predicted octanol–water partition coefficient (Wildman–Crippen LogP) is 5.26. The number of hydrogen-bond donors (Lipinski definition) is 2. The van der Waals surface area contributed by atoms with Gasteiger partial charge in [-0.15, -0.1) is 0 Å². The third-order valence-corrected chi connectivity index (χ3v) is 9.45. The van der Waals surface area contributed by atoms with Gasteiger partial charge in [0.2, 0.25) is 0 Å². The predicted molar refractivity (Wildman–Crippen MR) is 159 cm³/mol. The maximum Gasteiger partial charge on any atom is 0.272 e. The van der Waals surface area contributed by atoms with Crippen LogP contribution in [0, 0.1) is 5.82 Å². The molecule has 2 heterocycles. The Labute approximate surface area is 244 Å². The zero-order valence-corrected chi connectivity index (χ0v) is 24.5. The van der Waals surface area contributed by atoms with Gasteiger partial charge in [-0.05, 0) is 62.5 Å². The van der Waals surface area contributed by atoms with E-state index < -0.39 is 44.9 Å². The first-order valence-electron chi connectivity index (χ1n) is 14.0. The molecule has 12 heteroatoms. The van der Waals surface area contributed by atoms with E-state index in [0.29, 0.717) is 28.7 Å². The molecule has 1 unspecified atom stereocenters. The second-order valence-corrected chi connectivity index (χ2v) is 12.7. The highest BCUT2D eigenvalue weighted by atomic mass is 32.2. The minimum Gasteiger partial charge on any atom is -0.300 e. The first-order chi connectivity index (χ1) is 20.0. The largest absolute Gasteiger partial charge is 0.300 e. The molecule has 0 spiro atoms. The number of halogens is 3. The van der Waals surface area contributed by atoms with Crippen LogP contribution in [0.3, 0.4) is 0 Å². The highest BCUT2D eigenvalue weighted by Crippen LogP contribution is 2.37. The maximum atomic E-state index is 16.1. The lowest BCUT2D eigenvalue weighted by Gasteiger charge is -2.32. The van der Waals surface area contributed by atoms with Gasteiger partial charge in [0, 0.05) is 49.0 Å². The van der Waals surface area contributed by atoms with Crippen LogP contribution in [-0.2, 0) is 10.0 Å². The van der Waals surface area contributed by atoms with E-state index in [1.807, 2.05) is 23.9 Å². The number of nitrogens with one attached hydrogen (secondary N) is 1. The zero-order valence-electron chi connectivity index (χ0n) is 23.7. The number of piperidine rings is 1. The van der Waals surface area contributed by atoms with E-state index in [0.717, 1.165) is 38.1 Å². The molecular weight excluding hydrogens is 565 g/mol. The standard InChI is InChI=1S/C30H36F3N6O2S/c1-4-19(16-28(34)37(2)3)24-18-39(22-12-14-38(15-13-22)21-9-10-21)35-30(24)23-6-5-7-26(29(23)33)36-42(40,41)27-17-20(31)8-11-25(27)32/h4-8,11,16,18,20-22,36H,2,9-10,12-15,17,34H2,1,3H3/q+1. The Kier molecular flexibility index (Phi) is 8.47. The summed E-state index contributed by atoms with van der Waals surface area (Å²) in [5.74, 6) is -1.59. The highest BCUT2D eigenvalue weighted by molar-refractivity contribution is 7.96. The first-order valence-corrected chi connectivity index (χ1v) is 15.5. The third-order valence-electron chi connectivity index (χ3n) is 7.96. The van der Waals surface area contributed by atoms with E-state index in [1.54, 1.807) is 13.1 Å². The maximum absolute atomic E-state index is 16.1. The minimum atomic E-state index is -4.57. The van der Waals surface area contributed by atoms with Crippen LogP contribution >= 0.6 is 0 Å². The summed E-state index contributed by atoms with van der Waals surface area (Å²) in [4.78, 5) is 1.74. The van der Waals surface area contributed by atoms with Crippen molar-refractivity contribution >= 4 is 28.0 Å². The van der Waals surface area contributed by atoms with Crippen LogP contribution in [0.25, 0.3) is 16.8 Å². The van der Waals surface area contributed by atoms with Gasteiger partial charge in [-0.2, -0.15) is 5.10 Å². The molecule has 2 aliphatic carbocycles. The molecule has 3 N–H and O–H groups in total. The number of sulfonamides is 1. The van der Waals surface area contributed by atoms with Gasteiger partial charge in [-0.3, -0.25) is 15.1 Å². The van der Waals surface area contributed by atoms with Crippen molar-refractivity contribution in [2.24, 2.45) is 5.73 Å². The van der Waals surface area contributed by atoms with Gasteiger partial charge >= 0.3 is 0 Å². The molecule has 42 heavy (non-hydrogen) atoms. The topological polar surface area (TPSA) is 96.3 Å². The molecule has 5 rings (SSSR count). The summed E-state index contributed by atoms with van der Waals surface area (Å²) in [5, 5.41) is 4.83. The Morgan fingerprint density at radius 1 is 1.19 bits per heavy atom. The number of anilines is 1. The van der Waals surface area contributed by atoms with Crippen molar-refractivity contribution in [3.63, 3.8) is 0 Å². The fraction of sp³-hybridized carbons (Fsp3) is 0.400. The third kappa shape index (κ3) is 6.24.